The second-order valence-corrected chi connectivity index (χ2v) is 4.44. The van der Waals surface area contributed by atoms with E-state index in [1.165, 1.54) is 18.1 Å². The number of aromatic nitrogens is 3. The van der Waals surface area contributed by atoms with Crippen molar-refractivity contribution in [2.45, 2.75) is 16.8 Å². The maximum Gasteiger partial charge on any atom is 0.194 e. The van der Waals surface area contributed by atoms with Crippen molar-refractivity contribution in [3.63, 3.8) is 0 Å². The summed E-state index contributed by atoms with van der Waals surface area (Å²) in [7, 11) is 1.62. The summed E-state index contributed by atoms with van der Waals surface area (Å²) in [5.41, 5.74) is 0. The number of rotatable bonds is 5. The lowest BCUT2D eigenvalue weighted by Crippen LogP contribution is -2.03. The van der Waals surface area contributed by atoms with Crippen LogP contribution in [0.2, 0.25) is 0 Å². The lowest BCUT2D eigenvalue weighted by atomic mass is 10.5. The molecule has 0 fully saturated rings. The molecule has 0 saturated heterocycles. The largest absolute Gasteiger partial charge is 0.490 e. The van der Waals surface area contributed by atoms with E-state index in [0.717, 1.165) is 16.5 Å². The molecule has 94 valence electrons. The zero-order valence-corrected chi connectivity index (χ0v) is 11.1. The molecule has 5 nitrogen and oxygen atoms in total. The number of nitrogens with one attached hydrogen (secondary N) is 1. The summed E-state index contributed by atoms with van der Waals surface area (Å²) in [5, 5.41) is 3.94. The first kappa shape index (κ1) is 12.6. The molecule has 0 atom stereocenters. The molecule has 0 bridgehead atoms. The highest BCUT2D eigenvalue weighted by Crippen LogP contribution is 2.36. The molecular formula is C12H14N4OS. The van der Waals surface area contributed by atoms with Crippen LogP contribution < -0.4 is 10.1 Å². The summed E-state index contributed by atoms with van der Waals surface area (Å²) in [6.07, 6.45) is 5.03. The van der Waals surface area contributed by atoms with Gasteiger partial charge in [0.05, 0.1) is 7.11 Å². The minimum absolute atomic E-state index is 0.668. The van der Waals surface area contributed by atoms with Crippen LogP contribution in [-0.4, -0.2) is 28.6 Å². The van der Waals surface area contributed by atoms with E-state index in [1.54, 1.807) is 19.5 Å². The highest BCUT2D eigenvalue weighted by Gasteiger charge is 2.12. The second kappa shape index (κ2) is 6.20. The summed E-state index contributed by atoms with van der Waals surface area (Å²) in [6.45, 7) is 2.80. The summed E-state index contributed by atoms with van der Waals surface area (Å²) >= 11 is 1.52. The molecule has 0 unspecified atom stereocenters. The summed E-state index contributed by atoms with van der Waals surface area (Å²) in [4.78, 5) is 13.5. The molecule has 0 spiro atoms. The Bertz CT molecular complexity index is 507. The van der Waals surface area contributed by atoms with Gasteiger partial charge in [-0.05, 0) is 19.1 Å². The third-order valence-corrected chi connectivity index (χ3v) is 3.18. The van der Waals surface area contributed by atoms with Crippen LogP contribution in [0, 0.1) is 0 Å². The molecule has 0 amide bonds. The zero-order chi connectivity index (χ0) is 12.8. The van der Waals surface area contributed by atoms with Crippen molar-refractivity contribution in [1.82, 2.24) is 15.0 Å². The van der Waals surface area contributed by atoms with Gasteiger partial charge in [-0.2, -0.15) is 0 Å². The number of nitrogens with zero attached hydrogens (tertiary/aromatic N) is 3. The van der Waals surface area contributed by atoms with Gasteiger partial charge in [0.2, 0.25) is 0 Å². The van der Waals surface area contributed by atoms with Crippen LogP contribution in [0.4, 0.5) is 5.82 Å². The van der Waals surface area contributed by atoms with Gasteiger partial charge in [-0.25, -0.2) is 9.97 Å². The van der Waals surface area contributed by atoms with E-state index < -0.39 is 0 Å². The number of anilines is 1. The van der Waals surface area contributed by atoms with Crippen molar-refractivity contribution in [3.05, 3.63) is 30.9 Å². The minimum Gasteiger partial charge on any atom is -0.490 e. The lowest BCUT2D eigenvalue weighted by molar-refractivity contribution is 0.400. The van der Waals surface area contributed by atoms with Gasteiger partial charge < -0.3 is 10.1 Å². The average Bonchev–Trinajstić information content (AvgIpc) is 2.41. The van der Waals surface area contributed by atoms with Gasteiger partial charge >= 0.3 is 0 Å². The van der Waals surface area contributed by atoms with Gasteiger partial charge in [-0.1, -0.05) is 11.8 Å². The van der Waals surface area contributed by atoms with Gasteiger partial charge in [0.25, 0.3) is 0 Å². The molecule has 2 rings (SSSR count). The van der Waals surface area contributed by atoms with E-state index in [2.05, 4.69) is 20.3 Å². The summed E-state index contributed by atoms with van der Waals surface area (Å²) < 4.78 is 5.38. The molecule has 2 heterocycles. The predicted octanol–water partition coefficient (Wildman–Crippen LogP) is 2.46. The molecule has 18 heavy (non-hydrogen) atoms. The minimum atomic E-state index is 0.668. The Morgan fingerprint density at radius 1 is 1.28 bits per heavy atom. The number of pyridine rings is 1. The molecule has 1 N–H and O–H groups in total. The quantitative estimate of drug-likeness (QED) is 0.835. The van der Waals surface area contributed by atoms with Gasteiger partial charge in [-0.15, -0.1) is 0 Å². The molecule has 0 aliphatic rings. The van der Waals surface area contributed by atoms with E-state index in [-0.39, 0.29) is 0 Å². The van der Waals surface area contributed by atoms with E-state index in [1.807, 2.05) is 19.1 Å². The third-order valence-electron chi connectivity index (χ3n) is 2.18. The van der Waals surface area contributed by atoms with Crippen LogP contribution in [0.1, 0.15) is 6.92 Å². The fourth-order valence-corrected chi connectivity index (χ4v) is 2.28. The standard InChI is InChI=1S/C12H14N4OS/c1-3-14-11-10(17-2)12(16-8-15-11)18-9-4-6-13-7-5-9/h4-8H,3H2,1-2H3,(H,14,15,16). The first-order valence-electron chi connectivity index (χ1n) is 5.56. The van der Waals surface area contributed by atoms with Crippen molar-refractivity contribution in [3.8, 4) is 5.75 Å². The Morgan fingerprint density at radius 3 is 2.72 bits per heavy atom. The lowest BCUT2D eigenvalue weighted by Gasteiger charge is -2.11. The van der Waals surface area contributed by atoms with Crippen molar-refractivity contribution in [2.75, 3.05) is 19.0 Å². The Labute approximate surface area is 110 Å². The van der Waals surface area contributed by atoms with Gasteiger partial charge in [-0.3, -0.25) is 4.98 Å². The van der Waals surface area contributed by atoms with Crippen molar-refractivity contribution < 1.29 is 4.74 Å². The number of ether oxygens (including phenoxy) is 1. The number of hydrogen-bond acceptors (Lipinski definition) is 6. The molecule has 0 saturated carbocycles. The molecule has 2 aromatic heterocycles. The average molecular weight is 262 g/mol. The SMILES string of the molecule is CCNc1ncnc(Sc2ccncc2)c1OC. The molecule has 0 aromatic carbocycles. The van der Waals surface area contributed by atoms with Crippen molar-refractivity contribution in [2.24, 2.45) is 0 Å². The van der Waals surface area contributed by atoms with Gasteiger partial charge in [0.15, 0.2) is 11.6 Å². The number of hydrogen-bond donors (Lipinski definition) is 1. The van der Waals surface area contributed by atoms with Crippen molar-refractivity contribution >= 4 is 17.6 Å². The third kappa shape index (κ3) is 2.89. The van der Waals surface area contributed by atoms with Crippen molar-refractivity contribution in [1.29, 1.82) is 0 Å². The van der Waals surface area contributed by atoms with Gasteiger partial charge in [0.1, 0.15) is 11.4 Å². The Balaban J connectivity index is 2.30. The first-order valence-corrected chi connectivity index (χ1v) is 6.37. The molecule has 0 aliphatic carbocycles. The molecule has 0 aliphatic heterocycles. The monoisotopic (exact) mass is 262 g/mol. The van der Waals surface area contributed by atoms with Crippen LogP contribution in [0.25, 0.3) is 0 Å². The van der Waals surface area contributed by atoms with E-state index >= 15 is 0 Å². The highest BCUT2D eigenvalue weighted by molar-refractivity contribution is 7.99. The van der Waals surface area contributed by atoms with Crippen LogP contribution in [0.15, 0.2) is 40.8 Å². The van der Waals surface area contributed by atoms with Crippen LogP contribution in [0.5, 0.6) is 5.75 Å². The first-order chi connectivity index (χ1) is 8.85. The molecular weight excluding hydrogens is 248 g/mol. The Kier molecular flexibility index (Phi) is 4.35. The zero-order valence-electron chi connectivity index (χ0n) is 10.3. The van der Waals surface area contributed by atoms with Crippen LogP contribution >= 0.6 is 11.8 Å². The summed E-state index contributed by atoms with van der Waals surface area (Å²) in [6, 6.07) is 3.86. The fraction of sp³-hybridized carbons (Fsp3) is 0.250. The molecule has 6 heteroatoms. The molecule has 0 radical (unpaired) electrons. The predicted molar refractivity (Wildman–Crippen MR) is 71.1 cm³/mol. The maximum atomic E-state index is 5.38. The Hall–Kier alpha value is -1.82. The normalized spacial score (nSPS) is 10.1. The highest BCUT2D eigenvalue weighted by atomic mass is 32.2. The van der Waals surface area contributed by atoms with Crippen LogP contribution in [-0.2, 0) is 0 Å². The fourth-order valence-electron chi connectivity index (χ4n) is 1.43. The van der Waals surface area contributed by atoms with Crippen LogP contribution in [0.3, 0.4) is 0 Å². The number of methoxy groups -OCH3 is 1. The smallest absolute Gasteiger partial charge is 0.194 e. The van der Waals surface area contributed by atoms with E-state index in [4.69, 9.17) is 4.74 Å². The Morgan fingerprint density at radius 2 is 2.06 bits per heavy atom. The van der Waals surface area contributed by atoms with Gasteiger partial charge in [0, 0.05) is 23.8 Å². The van der Waals surface area contributed by atoms with E-state index in [0.29, 0.717) is 11.6 Å². The summed E-state index contributed by atoms with van der Waals surface area (Å²) in [5.74, 6) is 1.38. The molecule has 2 aromatic rings. The van der Waals surface area contributed by atoms with E-state index in [9.17, 15) is 0 Å². The second-order valence-electron chi connectivity index (χ2n) is 3.38. The topological polar surface area (TPSA) is 59.9 Å². The maximum absolute atomic E-state index is 5.38.